The lowest BCUT2D eigenvalue weighted by Gasteiger charge is -2.41. The summed E-state index contributed by atoms with van der Waals surface area (Å²) in [5, 5.41) is 34.4. The summed E-state index contributed by atoms with van der Waals surface area (Å²) in [6.45, 7) is 16.8. The maximum atomic E-state index is 11.6. The molecule has 7 heteroatoms. The van der Waals surface area contributed by atoms with Crippen molar-refractivity contribution >= 4 is 21.6 Å². The van der Waals surface area contributed by atoms with Crippen molar-refractivity contribution in [2.45, 2.75) is 101 Å². The third kappa shape index (κ3) is 4.47. The van der Waals surface area contributed by atoms with Crippen molar-refractivity contribution in [1.29, 1.82) is 0 Å². The highest BCUT2D eigenvalue weighted by Crippen LogP contribution is 2.48. The van der Waals surface area contributed by atoms with Gasteiger partial charge in [0.05, 0.1) is 39.0 Å². The molecule has 176 valence electrons. The predicted octanol–water partition coefficient (Wildman–Crippen LogP) is 2.92. The first-order chi connectivity index (χ1) is 14.3. The van der Waals surface area contributed by atoms with Gasteiger partial charge in [-0.25, -0.2) is 0 Å². The summed E-state index contributed by atoms with van der Waals surface area (Å²) in [5.41, 5.74) is -0.0657. The molecule has 0 bridgehead atoms. The average Bonchev–Trinajstić information content (AvgIpc) is 3.13. The predicted molar refractivity (Wildman–Crippen MR) is 132 cm³/mol. The molecule has 2 fully saturated rings. The van der Waals surface area contributed by atoms with Crippen LogP contribution in [0.1, 0.15) is 33.6 Å². The maximum Gasteiger partial charge on any atom is 0.192 e. The van der Waals surface area contributed by atoms with Crippen LogP contribution in [0.3, 0.4) is 0 Å². The molecule has 6 atom stereocenters. The molecule has 2 aliphatic heterocycles. The molecule has 0 unspecified atom stereocenters. The quantitative estimate of drug-likeness (QED) is 0.515. The molecule has 2 aliphatic rings. The molecule has 3 rings (SSSR count). The topological polar surface area (TPSA) is 73.2 Å². The zero-order valence-corrected chi connectivity index (χ0v) is 22.4. The Bertz CT molecular complexity index is 742. The van der Waals surface area contributed by atoms with E-state index in [4.69, 9.17) is 4.43 Å². The van der Waals surface area contributed by atoms with Gasteiger partial charge in [-0.05, 0) is 24.6 Å². The van der Waals surface area contributed by atoms with Gasteiger partial charge in [0.25, 0.3) is 0 Å². The molecular formula is C24H43NO4Si2. The zero-order chi connectivity index (χ0) is 23.2. The summed E-state index contributed by atoms with van der Waals surface area (Å²) in [7, 11) is -4.15. The van der Waals surface area contributed by atoms with Gasteiger partial charge in [-0.2, -0.15) is 0 Å². The molecule has 0 saturated carbocycles. The minimum Gasteiger partial charge on any atom is -0.415 e. The highest BCUT2D eigenvalue weighted by molar-refractivity contribution is 6.91. The van der Waals surface area contributed by atoms with Crippen LogP contribution in [-0.4, -0.2) is 80.2 Å². The van der Waals surface area contributed by atoms with E-state index in [1.807, 2.05) is 18.2 Å². The van der Waals surface area contributed by atoms with E-state index < -0.39 is 34.7 Å². The van der Waals surface area contributed by atoms with Crippen molar-refractivity contribution < 1.29 is 19.7 Å². The zero-order valence-electron chi connectivity index (χ0n) is 20.4. The van der Waals surface area contributed by atoms with Crippen LogP contribution >= 0.6 is 0 Å². The molecule has 0 spiro atoms. The SMILES string of the molecule is CCCC(C)(C)[Si](C)(C)OC[C@@H]1[C@@H](O)[C@H]([Si](C)(C)c2ccccc2)[C@H]2[C@H](O)[C@@H](O)CN21. The Balaban J connectivity index is 1.88. The molecule has 0 aromatic heterocycles. The average molecular weight is 466 g/mol. The number of benzene rings is 1. The number of hydrogen-bond acceptors (Lipinski definition) is 5. The van der Waals surface area contributed by atoms with Gasteiger partial charge in [0.2, 0.25) is 0 Å². The summed E-state index contributed by atoms with van der Waals surface area (Å²) >= 11 is 0. The van der Waals surface area contributed by atoms with E-state index in [9.17, 15) is 15.3 Å². The number of hydrogen-bond donors (Lipinski definition) is 3. The molecule has 31 heavy (non-hydrogen) atoms. The van der Waals surface area contributed by atoms with E-state index in [1.54, 1.807) is 0 Å². The van der Waals surface area contributed by atoms with E-state index in [0.29, 0.717) is 13.2 Å². The molecule has 2 saturated heterocycles. The van der Waals surface area contributed by atoms with Crippen LogP contribution in [0.5, 0.6) is 0 Å². The Hall–Kier alpha value is -0.546. The van der Waals surface area contributed by atoms with E-state index in [-0.39, 0.29) is 22.7 Å². The Morgan fingerprint density at radius 3 is 2.23 bits per heavy atom. The van der Waals surface area contributed by atoms with E-state index >= 15 is 0 Å². The Labute approximate surface area is 190 Å². The highest BCUT2D eigenvalue weighted by Gasteiger charge is 2.61. The fraction of sp³-hybridized carbons (Fsp3) is 0.750. The van der Waals surface area contributed by atoms with Crippen molar-refractivity contribution in [3.8, 4) is 0 Å². The fourth-order valence-electron chi connectivity index (χ4n) is 5.81. The lowest BCUT2D eigenvalue weighted by atomic mass is 10.0. The smallest absolute Gasteiger partial charge is 0.192 e. The number of fused-ring (bicyclic) bond motifs is 1. The van der Waals surface area contributed by atoms with Gasteiger partial charge in [-0.1, -0.05) is 75.8 Å². The van der Waals surface area contributed by atoms with Crippen molar-refractivity contribution in [2.75, 3.05) is 13.2 Å². The van der Waals surface area contributed by atoms with Gasteiger partial charge in [0.15, 0.2) is 8.32 Å². The third-order valence-corrected chi connectivity index (χ3v) is 17.1. The van der Waals surface area contributed by atoms with Crippen LogP contribution in [0, 0.1) is 0 Å². The van der Waals surface area contributed by atoms with Crippen molar-refractivity contribution in [3.05, 3.63) is 30.3 Å². The number of nitrogens with zero attached hydrogens (tertiary/aromatic N) is 1. The van der Waals surface area contributed by atoms with Crippen LogP contribution in [0.2, 0.25) is 36.8 Å². The Morgan fingerprint density at radius 1 is 1.03 bits per heavy atom. The second-order valence-electron chi connectivity index (χ2n) is 11.4. The molecule has 1 aromatic rings. The van der Waals surface area contributed by atoms with Crippen molar-refractivity contribution in [2.24, 2.45) is 0 Å². The number of aliphatic hydroxyl groups excluding tert-OH is 3. The Kier molecular flexibility index (Phi) is 7.29. The van der Waals surface area contributed by atoms with Gasteiger partial charge in [-0.3, -0.25) is 4.90 Å². The summed E-state index contributed by atoms with van der Waals surface area (Å²) in [6.07, 6.45) is 0.0735. The van der Waals surface area contributed by atoms with Crippen LogP contribution in [0.25, 0.3) is 0 Å². The molecular weight excluding hydrogens is 422 g/mol. The minimum absolute atomic E-state index is 0.0657. The number of rotatable bonds is 8. The second kappa shape index (κ2) is 9.01. The maximum absolute atomic E-state index is 11.6. The first kappa shape index (κ1) is 25.1. The summed E-state index contributed by atoms with van der Waals surface area (Å²) in [6, 6.07) is 9.99. The molecule has 0 aliphatic carbocycles. The molecule has 3 N–H and O–H groups in total. The molecule has 0 amide bonds. The largest absolute Gasteiger partial charge is 0.415 e. The van der Waals surface area contributed by atoms with Gasteiger partial charge in [0, 0.05) is 18.1 Å². The standard InChI is InChI=1S/C24H43NO4Si2/c1-8-14-24(2,3)31(6,7)29-16-18-21(27)23(20-22(28)19(26)15-25(18)20)30(4,5)17-12-10-9-11-13-17/h9-13,18-23,26-28H,8,14-16H2,1-7H3/t18-,19+,20-,21-,22-,23-/m1/s1. The van der Waals surface area contributed by atoms with Crippen LogP contribution in [0.15, 0.2) is 30.3 Å². The van der Waals surface area contributed by atoms with E-state index in [1.165, 1.54) is 5.19 Å². The lowest BCUT2D eigenvalue weighted by Crippen LogP contribution is -2.55. The van der Waals surface area contributed by atoms with Crippen LogP contribution < -0.4 is 5.19 Å². The first-order valence-electron chi connectivity index (χ1n) is 11.8. The van der Waals surface area contributed by atoms with Gasteiger partial charge < -0.3 is 19.7 Å². The monoisotopic (exact) mass is 465 g/mol. The summed E-state index contributed by atoms with van der Waals surface area (Å²) in [4.78, 5) is 2.15. The van der Waals surface area contributed by atoms with Crippen molar-refractivity contribution in [1.82, 2.24) is 4.90 Å². The van der Waals surface area contributed by atoms with E-state index in [2.05, 4.69) is 64.0 Å². The summed E-state index contributed by atoms with van der Waals surface area (Å²) in [5.74, 6) is 0. The number of aliphatic hydroxyl groups is 3. The van der Waals surface area contributed by atoms with Crippen molar-refractivity contribution in [3.63, 3.8) is 0 Å². The highest BCUT2D eigenvalue weighted by atomic mass is 28.4. The van der Waals surface area contributed by atoms with Gasteiger partial charge in [0.1, 0.15) is 0 Å². The summed E-state index contributed by atoms with van der Waals surface area (Å²) < 4.78 is 6.64. The molecule has 1 aromatic carbocycles. The lowest BCUT2D eigenvalue weighted by molar-refractivity contribution is 0.0312. The molecule has 0 radical (unpaired) electrons. The van der Waals surface area contributed by atoms with Gasteiger partial charge >= 0.3 is 0 Å². The van der Waals surface area contributed by atoms with Crippen LogP contribution in [0.4, 0.5) is 0 Å². The second-order valence-corrected chi connectivity index (χ2v) is 20.7. The molecule has 5 nitrogen and oxygen atoms in total. The van der Waals surface area contributed by atoms with Crippen LogP contribution in [-0.2, 0) is 4.43 Å². The fourth-order valence-corrected chi connectivity index (χ4v) is 11.4. The van der Waals surface area contributed by atoms with E-state index in [0.717, 1.165) is 12.8 Å². The minimum atomic E-state index is -2.14. The molecule has 2 heterocycles. The first-order valence-corrected chi connectivity index (χ1v) is 17.8. The van der Waals surface area contributed by atoms with Gasteiger partial charge in [-0.15, -0.1) is 0 Å². The normalized spacial score (nSPS) is 32.5. The Morgan fingerprint density at radius 2 is 1.65 bits per heavy atom. The third-order valence-electron chi connectivity index (χ3n) is 8.55.